The Hall–Kier alpha value is -3.34. The number of anilines is 1. The first-order valence-corrected chi connectivity index (χ1v) is 12.8. The molecule has 0 unspecified atom stereocenters. The molecule has 0 radical (unpaired) electrons. The lowest BCUT2D eigenvalue weighted by molar-refractivity contribution is -0.137. The van der Waals surface area contributed by atoms with Crippen molar-refractivity contribution in [3.05, 3.63) is 82.0 Å². The molecule has 5 rings (SSSR count). The molecule has 0 bridgehead atoms. The third kappa shape index (κ3) is 7.30. The van der Waals surface area contributed by atoms with Gasteiger partial charge in [-0.05, 0) is 92.6 Å². The number of nitrogens with one attached hydrogen (secondary N) is 2. The fraction of sp³-hybridized carbons (Fsp3) is 0.345. The van der Waals surface area contributed by atoms with E-state index in [1.54, 1.807) is 26.1 Å². The third-order valence-corrected chi connectivity index (χ3v) is 7.11. The maximum Gasteiger partial charge on any atom is 0.416 e. The molecule has 0 saturated carbocycles. The van der Waals surface area contributed by atoms with Crippen molar-refractivity contribution in [3.8, 4) is 11.5 Å². The molecular formula is C29H31Cl2F3N4O3. The van der Waals surface area contributed by atoms with Crippen molar-refractivity contribution in [1.29, 1.82) is 0 Å². The first-order valence-electron chi connectivity index (χ1n) is 12.8. The number of rotatable bonds is 5. The van der Waals surface area contributed by atoms with Crippen molar-refractivity contribution in [3.63, 3.8) is 0 Å². The van der Waals surface area contributed by atoms with E-state index in [2.05, 4.69) is 15.6 Å². The van der Waals surface area contributed by atoms with Gasteiger partial charge in [0.15, 0.2) is 0 Å². The van der Waals surface area contributed by atoms with Gasteiger partial charge in [0.2, 0.25) is 5.91 Å². The number of alkyl halides is 3. The summed E-state index contributed by atoms with van der Waals surface area (Å²) in [4.78, 5) is 29.0. The summed E-state index contributed by atoms with van der Waals surface area (Å²) in [6, 6.07) is 10.6. The summed E-state index contributed by atoms with van der Waals surface area (Å²) in [7, 11) is 0. The number of carbonyl (C=O) groups excluding carboxylic acids is 2. The Morgan fingerprint density at radius 3 is 2.46 bits per heavy atom. The van der Waals surface area contributed by atoms with Crippen LogP contribution >= 0.6 is 24.8 Å². The normalized spacial score (nSPS) is 16.2. The Labute approximate surface area is 248 Å². The first kappa shape index (κ1) is 32.2. The van der Waals surface area contributed by atoms with Gasteiger partial charge in [-0.2, -0.15) is 13.2 Å². The van der Waals surface area contributed by atoms with Gasteiger partial charge in [0.1, 0.15) is 17.3 Å². The molecule has 0 saturated heterocycles. The summed E-state index contributed by atoms with van der Waals surface area (Å²) in [5, 5.41) is 5.67. The van der Waals surface area contributed by atoms with E-state index >= 15 is 0 Å². The number of halogens is 5. The standard InChI is InChI=1S/C29H29F3N4O3.2ClH/c1-28(2,33)19-11-18(12-20(15-19)29(30,31)32)27(38)35-21-5-3-16-4-6-22(14-17(16)13-21)39-24-9-10-34-26-23(24)7-8-25(37)36-26;;/h4,6,9-12,14-15,21H,3,5,7-8,13,33H2,1-2H3,(H,35,38)(H,34,36,37);2*1H/t21-;;/m1../s1. The quantitative estimate of drug-likeness (QED) is 0.323. The highest BCUT2D eigenvalue weighted by Crippen LogP contribution is 2.35. The number of benzene rings is 2. The predicted octanol–water partition coefficient (Wildman–Crippen LogP) is 6.10. The second-order valence-electron chi connectivity index (χ2n) is 10.6. The van der Waals surface area contributed by atoms with Crippen LogP contribution in [0.1, 0.15) is 64.9 Å². The molecule has 2 aliphatic rings. The molecule has 220 valence electrons. The number of hydrogen-bond acceptors (Lipinski definition) is 5. The average Bonchev–Trinajstić information content (AvgIpc) is 2.87. The van der Waals surface area contributed by atoms with Crippen molar-refractivity contribution in [2.45, 2.75) is 63.7 Å². The van der Waals surface area contributed by atoms with Crippen LogP contribution in [0, 0.1) is 0 Å². The number of pyridine rings is 1. The number of aromatic nitrogens is 1. The Morgan fingerprint density at radius 2 is 1.76 bits per heavy atom. The molecule has 0 spiro atoms. The fourth-order valence-electron chi connectivity index (χ4n) is 4.96. The van der Waals surface area contributed by atoms with E-state index in [0.29, 0.717) is 49.4 Å². The number of amides is 2. The Balaban J connectivity index is 0.00000231. The largest absolute Gasteiger partial charge is 0.457 e. The molecule has 41 heavy (non-hydrogen) atoms. The molecule has 2 heterocycles. The molecule has 1 aromatic heterocycles. The van der Waals surface area contributed by atoms with Crippen LogP contribution in [0.4, 0.5) is 19.0 Å². The molecule has 2 amide bonds. The van der Waals surface area contributed by atoms with Crippen molar-refractivity contribution >= 4 is 42.4 Å². The highest BCUT2D eigenvalue weighted by molar-refractivity contribution is 5.95. The van der Waals surface area contributed by atoms with Gasteiger partial charge < -0.3 is 21.1 Å². The lowest BCUT2D eigenvalue weighted by atomic mass is 9.87. The van der Waals surface area contributed by atoms with Gasteiger partial charge in [-0.1, -0.05) is 6.07 Å². The van der Waals surface area contributed by atoms with Crippen molar-refractivity contribution in [1.82, 2.24) is 10.3 Å². The van der Waals surface area contributed by atoms with E-state index in [0.717, 1.165) is 28.8 Å². The molecule has 1 aliphatic carbocycles. The van der Waals surface area contributed by atoms with Crippen molar-refractivity contribution in [2.75, 3.05) is 5.32 Å². The number of nitrogens with zero attached hydrogens (tertiary/aromatic N) is 1. The highest BCUT2D eigenvalue weighted by Gasteiger charge is 2.33. The summed E-state index contributed by atoms with van der Waals surface area (Å²) in [5.41, 5.74) is 7.22. The van der Waals surface area contributed by atoms with E-state index in [9.17, 15) is 22.8 Å². The smallest absolute Gasteiger partial charge is 0.416 e. The van der Waals surface area contributed by atoms with E-state index in [-0.39, 0.29) is 47.9 Å². The van der Waals surface area contributed by atoms with Crippen LogP contribution in [0.3, 0.4) is 0 Å². The van der Waals surface area contributed by atoms with Gasteiger partial charge in [0.25, 0.3) is 5.91 Å². The molecule has 12 heteroatoms. The topological polar surface area (TPSA) is 106 Å². The molecule has 0 fully saturated rings. The summed E-state index contributed by atoms with van der Waals surface area (Å²) in [5.74, 6) is 1.07. The highest BCUT2D eigenvalue weighted by atomic mass is 35.5. The maximum atomic E-state index is 13.5. The number of ether oxygens (including phenoxy) is 1. The van der Waals surface area contributed by atoms with Crippen LogP contribution in [-0.2, 0) is 35.8 Å². The molecule has 7 nitrogen and oxygen atoms in total. The second kappa shape index (κ2) is 12.3. The monoisotopic (exact) mass is 610 g/mol. The SMILES string of the molecule is CC(C)(N)c1cc(C(=O)N[C@@H]2CCc3ccc(Oc4ccnc5c4CCC(=O)N5)cc3C2)cc(C(F)(F)F)c1.Cl.Cl. The van der Waals surface area contributed by atoms with Crippen LogP contribution < -0.4 is 21.1 Å². The second-order valence-corrected chi connectivity index (χ2v) is 10.6. The van der Waals surface area contributed by atoms with E-state index in [1.165, 1.54) is 6.07 Å². The summed E-state index contributed by atoms with van der Waals surface area (Å²) in [6.45, 7) is 3.19. The molecule has 1 aliphatic heterocycles. The molecule has 4 N–H and O–H groups in total. The van der Waals surface area contributed by atoms with Crippen LogP contribution in [0.2, 0.25) is 0 Å². The molecule has 2 aromatic carbocycles. The van der Waals surface area contributed by atoms with Gasteiger partial charge in [0.05, 0.1) is 5.56 Å². The third-order valence-electron chi connectivity index (χ3n) is 7.11. The zero-order valence-electron chi connectivity index (χ0n) is 22.4. The average molecular weight is 611 g/mol. The maximum absolute atomic E-state index is 13.5. The lowest BCUT2D eigenvalue weighted by Crippen LogP contribution is -2.39. The van der Waals surface area contributed by atoms with Gasteiger partial charge in [-0.3, -0.25) is 9.59 Å². The van der Waals surface area contributed by atoms with E-state index in [1.807, 2.05) is 18.2 Å². The minimum absolute atomic E-state index is 0. The number of fused-ring (bicyclic) bond motifs is 2. The Morgan fingerprint density at radius 1 is 1.02 bits per heavy atom. The van der Waals surface area contributed by atoms with E-state index < -0.39 is 23.2 Å². The van der Waals surface area contributed by atoms with Gasteiger partial charge in [0, 0.05) is 35.3 Å². The zero-order valence-corrected chi connectivity index (χ0v) is 24.1. The molecule has 3 aromatic rings. The Bertz CT molecular complexity index is 1430. The van der Waals surface area contributed by atoms with Crippen LogP contribution in [-0.4, -0.2) is 22.8 Å². The summed E-state index contributed by atoms with van der Waals surface area (Å²) < 4.78 is 46.7. The number of aryl methyl sites for hydroxylation is 1. The fourth-order valence-corrected chi connectivity index (χ4v) is 4.96. The predicted molar refractivity (Wildman–Crippen MR) is 154 cm³/mol. The first-order chi connectivity index (χ1) is 18.4. The summed E-state index contributed by atoms with van der Waals surface area (Å²) >= 11 is 0. The van der Waals surface area contributed by atoms with E-state index in [4.69, 9.17) is 10.5 Å². The van der Waals surface area contributed by atoms with Crippen LogP contribution in [0.5, 0.6) is 11.5 Å². The Kier molecular flexibility index (Phi) is 9.62. The minimum Gasteiger partial charge on any atom is -0.457 e. The minimum atomic E-state index is -4.60. The van der Waals surface area contributed by atoms with Crippen LogP contribution in [0.15, 0.2) is 48.7 Å². The number of carbonyl (C=O) groups is 2. The molecule has 1 atom stereocenters. The van der Waals surface area contributed by atoms with Crippen LogP contribution in [0.25, 0.3) is 0 Å². The van der Waals surface area contributed by atoms with Gasteiger partial charge in [-0.15, -0.1) is 24.8 Å². The lowest BCUT2D eigenvalue weighted by Gasteiger charge is -2.27. The number of hydrogen-bond donors (Lipinski definition) is 3. The van der Waals surface area contributed by atoms with Gasteiger partial charge >= 0.3 is 6.18 Å². The zero-order chi connectivity index (χ0) is 27.9. The summed E-state index contributed by atoms with van der Waals surface area (Å²) in [6.07, 6.45) is -0.258. The van der Waals surface area contributed by atoms with Crippen molar-refractivity contribution < 1.29 is 27.5 Å². The number of nitrogens with two attached hydrogens (primary N) is 1. The molecular weight excluding hydrogens is 580 g/mol. The van der Waals surface area contributed by atoms with Crippen molar-refractivity contribution in [2.24, 2.45) is 5.73 Å². The van der Waals surface area contributed by atoms with Gasteiger partial charge in [-0.25, -0.2) is 4.98 Å².